The van der Waals surface area contributed by atoms with E-state index in [0.717, 1.165) is 5.69 Å². The lowest BCUT2D eigenvalue weighted by Gasteiger charge is -2.14. The number of rotatable bonds is 4. The largest absolute Gasteiger partial charge is 0.378 e. The van der Waals surface area contributed by atoms with Gasteiger partial charge in [0.05, 0.1) is 0 Å². The summed E-state index contributed by atoms with van der Waals surface area (Å²) < 4.78 is 0. The van der Waals surface area contributed by atoms with Gasteiger partial charge in [0.15, 0.2) is 5.78 Å². The van der Waals surface area contributed by atoms with E-state index in [0.29, 0.717) is 16.9 Å². The molecule has 6 nitrogen and oxygen atoms in total. The Morgan fingerprint density at radius 1 is 0.833 bits per heavy atom. The van der Waals surface area contributed by atoms with Gasteiger partial charge in [-0.25, -0.2) is 0 Å². The summed E-state index contributed by atoms with van der Waals surface area (Å²) >= 11 is 0. The molecule has 24 heavy (non-hydrogen) atoms. The Morgan fingerprint density at radius 3 is 1.92 bits per heavy atom. The van der Waals surface area contributed by atoms with E-state index in [1.807, 2.05) is 25.1 Å². The third-order valence-corrected chi connectivity index (χ3v) is 3.35. The lowest BCUT2D eigenvalue weighted by molar-refractivity contribution is -0.132. The van der Waals surface area contributed by atoms with Crippen LogP contribution in [0.3, 0.4) is 0 Å². The van der Waals surface area contributed by atoms with Gasteiger partial charge in [-0.1, -0.05) is 18.2 Å². The predicted molar refractivity (Wildman–Crippen MR) is 94.5 cm³/mol. The van der Waals surface area contributed by atoms with Crippen molar-refractivity contribution in [2.75, 3.05) is 29.6 Å². The molecule has 0 aliphatic heterocycles. The average Bonchev–Trinajstić information content (AvgIpc) is 2.55. The molecule has 0 heterocycles. The van der Waals surface area contributed by atoms with E-state index >= 15 is 0 Å². The number of hydrogen-bond acceptors (Lipinski definition) is 4. The van der Waals surface area contributed by atoms with Crippen LogP contribution >= 0.6 is 0 Å². The second kappa shape index (κ2) is 7.41. The molecule has 0 saturated heterocycles. The maximum atomic E-state index is 12.0. The van der Waals surface area contributed by atoms with Crippen LogP contribution in [-0.4, -0.2) is 31.7 Å². The zero-order chi connectivity index (χ0) is 17.7. The number of ketones is 1. The first-order valence-corrected chi connectivity index (χ1v) is 7.37. The molecule has 0 unspecified atom stereocenters. The summed E-state index contributed by atoms with van der Waals surface area (Å²) in [6.45, 7) is 1.44. The average molecular weight is 325 g/mol. The highest BCUT2D eigenvalue weighted by atomic mass is 16.2. The summed E-state index contributed by atoms with van der Waals surface area (Å²) in [6, 6.07) is 13.6. The van der Waals surface area contributed by atoms with Crippen LogP contribution in [0.25, 0.3) is 0 Å². The Morgan fingerprint density at radius 2 is 1.38 bits per heavy atom. The Bertz CT molecular complexity index is 785. The molecule has 0 bridgehead atoms. The molecule has 6 heteroatoms. The number of carbonyl (C=O) groups excluding carboxylic acids is 3. The van der Waals surface area contributed by atoms with Crippen molar-refractivity contribution in [2.45, 2.75) is 6.92 Å². The Kier molecular flexibility index (Phi) is 5.31. The van der Waals surface area contributed by atoms with E-state index in [4.69, 9.17) is 0 Å². The molecule has 0 radical (unpaired) electrons. The fraction of sp³-hybridized carbons (Fsp3) is 0.167. The summed E-state index contributed by atoms with van der Waals surface area (Å²) in [5.41, 5.74) is 2.29. The molecular weight excluding hydrogens is 306 g/mol. The van der Waals surface area contributed by atoms with Crippen LogP contribution in [0.15, 0.2) is 48.5 Å². The minimum Gasteiger partial charge on any atom is -0.378 e. The Hall–Kier alpha value is -3.15. The summed E-state index contributed by atoms with van der Waals surface area (Å²) in [7, 11) is 3.77. The summed E-state index contributed by atoms with van der Waals surface area (Å²) in [4.78, 5) is 37.3. The maximum absolute atomic E-state index is 12.0. The number of carbonyl (C=O) groups is 3. The molecule has 2 aromatic carbocycles. The fourth-order valence-electron chi connectivity index (χ4n) is 2.05. The first kappa shape index (κ1) is 17.2. The quantitative estimate of drug-likeness (QED) is 0.669. The second-order valence-electron chi connectivity index (χ2n) is 5.49. The first-order chi connectivity index (χ1) is 11.4. The molecule has 0 saturated carbocycles. The predicted octanol–water partition coefficient (Wildman–Crippen LogP) is 2.53. The van der Waals surface area contributed by atoms with Gasteiger partial charge in [-0.2, -0.15) is 0 Å². The molecule has 0 aromatic heterocycles. The zero-order valence-electron chi connectivity index (χ0n) is 13.8. The highest BCUT2D eigenvalue weighted by Crippen LogP contribution is 2.17. The van der Waals surface area contributed by atoms with Gasteiger partial charge in [0, 0.05) is 36.7 Å². The molecule has 2 N–H and O–H groups in total. The van der Waals surface area contributed by atoms with Crippen LogP contribution in [0, 0.1) is 0 Å². The topological polar surface area (TPSA) is 78.5 Å². The third-order valence-electron chi connectivity index (χ3n) is 3.35. The molecule has 0 aliphatic rings. The van der Waals surface area contributed by atoms with Crippen LogP contribution in [-0.2, 0) is 9.59 Å². The molecule has 2 aromatic rings. The van der Waals surface area contributed by atoms with Crippen molar-refractivity contribution in [1.82, 2.24) is 0 Å². The smallest absolute Gasteiger partial charge is 0.314 e. The van der Waals surface area contributed by atoms with Gasteiger partial charge in [-0.05, 0) is 37.3 Å². The minimum absolute atomic E-state index is 0.115. The summed E-state index contributed by atoms with van der Waals surface area (Å²) in [6.07, 6.45) is 0. The van der Waals surface area contributed by atoms with Gasteiger partial charge in [-0.15, -0.1) is 0 Å². The van der Waals surface area contributed by atoms with Gasteiger partial charge in [0.2, 0.25) is 0 Å². The lowest BCUT2D eigenvalue weighted by Crippen LogP contribution is -2.29. The number of nitrogens with one attached hydrogen (secondary N) is 2. The number of nitrogens with zero attached hydrogens (tertiary/aromatic N) is 1. The van der Waals surface area contributed by atoms with Gasteiger partial charge < -0.3 is 15.5 Å². The number of Topliss-reactive ketones (excluding diaryl/α,β-unsaturated/α-hetero) is 1. The summed E-state index contributed by atoms with van der Waals surface area (Å²) in [5.74, 6) is -1.69. The molecule has 2 rings (SSSR count). The first-order valence-electron chi connectivity index (χ1n) is 7.37. The van der Waals surface area contributed by atoms with Crippen LogP contribution in [0.1, 0.15) is 17.3 Å². The number of anilines is 3. The number of hydrogen-bond donors (Lipinski definition) is 2. The van der Waals surface area contributed by atoms with Crippen LogP contribution in [0.4, 0.5) is 17.1 Å². The van der Waals surface area contributed by atoms with E-state index in [1.165, 1.54) is 13.0 Å². The van der Waals surface area contributed by atoms with Crippen LogP contribution < -0.4 is 15.5 Å². The highest BCUT2D eigenvalue weighted by molar-refractivity contribution is 6.43. The zero-order valence-corrected chi connectivity index (χ0v) is 13.8. The molecule has 124 valence electrons. The number of benzene rings is 2. The van der Waals surface area contributed by atoms with Crippen molar-refractivity contribution in [3.63, 3.8) is 0 Å². The fourth-order valence-corrected chi connectivity index (χ4v) is 2.05. The molecule has 0 fully saturated rings. The van der Waals surface area contributed by atoms with Crippen molar-refractivity contribution in [3.8, 4) is 0 Å². The van der Waals surface area contributed by atoms with E-state index in [2.05, 4.69) is 10.6 Å². The molecule has 0 spiro atoms. The van der Waals surface area contributed by atoms with E-state index in [-0.39, 0.29) is 5.78 Å². The normalized spacial score (nSPS) is 9.96. The summed E-state index contributed by atoms with van der Waals surface area (Å²) in [5, 5.41) is 5.03. The van der Waals surface area contributed by atoms with E-state index in [1.54, 1.807) is 36.4 Å². The second-order valence-corrected chi connectivity index (χ2v) is 5.49. The monoisotopic (exact) mass is 325 g/mol. The number of amides is 2. The molecule has 2 amide bonds. The minimum atomic E-state index is -0.800. The third kappa shape index (κ3) is 4.42. The molecular formula is C18H19N3O3. The van der Waals surface area contributed by atoms with Gasteiger partial charge in [-0.3, -0.25) is 14.4 Å². The van der Waals surface area contributed by atoms with Crippen molar-refractivity contribution in [3.05, 3.63) is 54.1 Å². The van der Waals surface area contributed by atoms with E-state index in [9.17, 15) is 14.4 Å². The van der Waals surface area contributed by atoms with Crippen LogP contribution in [0.5, 0.6) is 0 Å². The molecule has 0 atom stereocenters. The van der Waals surface area contributed by atoms with Crippen molar-refractivity contribution < 1.29 is 14.4 Å². The van der Waals surface area contributed by atoms with Crippen molar-refractivity contribution in [1.29, 1.82) is 0 Å². The molecule has 0 aliphatic carbocycles. The SMILES string of the molecule is CC(=O)c1cccc(NC(=O)C(=O)Nc2cccc(N(C)C)c2)c1. The van der Waals surface area contributed by atoms with Gasteiger partial charge in [0.25, 0.3) is 0 Å². The van der Waals surface area contributed by atoms with Crippen LogP contribution in [0.2, 0.25) is 0 Å². The van der Waals surface area contributed by atoms with Gasteiger partial charge >= 0.3 is 11.8 Å². The van der Waals surface area contributed by atoms with E-state index < -0.39 is 11.8 Å². The highest BCUT2D eigenvalue weighted by Gasteiger charge is 2.15. The Labute approximate surface area is 140 Å². The van der Waals surface area contributed by atoms with Crippen molar-refractivity contribution in [2.24, 2.45) is 0 Å². The lowest BCUT2D eigenvalue weighted by atomic mass is 10.1. The standard InChI is InChI=1S/C18H19N3O3/c1-12(22)13-6-4-7-14(10-13)19-17(23)18(24)20-15-8-5-9-16(11-15)21(2)3/h4-11H,1-3H3,(H,19,23)(H,20,24). The Balaban J connectivity index is 2.05. The van der Waals surface area contributed by atoms with Gasteiger partial charge in [0.1, 0.15) is 0 Å². The maximum Gasteiger partial charge on any atom is 0.314 e. The van der Waals surface area contributed by atoms with Crippen molar-refractivity contribution >= 4 is 34.7 Å².